The first-order valence-corrected chi connectivity index (χ1v) is 4.33. The SMILES string of the molecule is CC1(CO)CN2CCN1CC2. The van der Waals surface area contributed by atoms with Gasteiger partial charge < -0.3 is 5.11 Å². The summed E-state index contributed by atoms with van der Waals surface area (Å²) in [6, 6.07) is 0. The standard InChI is InChI=1S/C8H16N2O/c1-8(7-11)6-9-2-4-10(8)5-3-9/h11H,2-7H2,1H3. The normalized spacial score (nSPS) is 49.6. The summed E-state index contributed by atoms with van der Waals surface area (Å²) in [4.78, 5) is 4.85. The van der Waals surface area contributed by atoms with Gasteiger partial charge in [-0.3, -0.25) is 9.80 Å². The molecule has 3 aliphatic rings. The van der Waals surface area contributed by atoms with Crippen molar-refractivity contribution in [1.29, 1.82) is 0 Å². The second kappa shape index (κ2) is 2.44. The lowest BCUT2D eigenvalue weighted by atomic mass is 9.94. The van der Waals surface area contributed by atoms with E-state index in [1.54, 1.807) is 0 Å². The highest BCUT2D eigenvalue weighted by Gasteiger charge is 2.40. The van der Waals surface area contributed by atoms with Crippen molar-refractivity contribution in [3.05, 3.63) is 0 Å². The number of hydrogen-bond donors (Lipinski definition) is 1. The fourth-order valence-electron chi connectivity index (χ4n) is 2.18. The van der Waals surface area contributed by atoms with Crippen molar-refractivity contribution in [2.45, 2.75) is 12.5 Å². The van der Waals surface area contributed by atoms with Crippen molar-refractivity contribution in [2.24, 2.45) is 0 Å². The summed E-state index contributed by atoms with van der Waals surface area (Å²) in [5.74, 6) is 0. The second-order valence-corrected chi connectivity index (χ2v) is 3.92. The number of nitrogens with zero attached hydrogens (tertiary/aromatic N) is 2. The zero-order chi connectivity index (χ0) is 7.90. The van der Waals surface area contributed by atoms with E-state index in [0.29, 0.717) is 6.61 Å². The predicted octanol–water partition coefficient (Wildman–Crippen LogP) is -0.631. The molecule has 0 aliphatic carbocycles. The molecular formula is C8H16N2O. The lowest BCUT2D eigenvalue weighted by Gasteiger charge is -2.53. The Hall–Kier alpha value is -0.120. The van der Waals surface area contributed by atoms with Crippen LogP contribution in [0, 0.1) is 0 Å². The van der Waals surface area contributed by atoms with Gasteiger partial charge in [-0.25, -0.2) is 0 Å². The Kier molecular flexibility index (Phi) is 1.67. The fourth-order valence-corrected chi connectivity index (χ4v) is 2.18. The highest BCUT2D eigenvalue weighted by atomic mass is 16.3. The maximum Gasteiger partial charge on any atom is 0.0625 e. The van der Waals surface area contributed by atoms with E-state index in [2.05, 4.69) is 16.7 Å². The molecule has 3 rings (SSSR count). The second-order valence-electron chi connectivity index (χ2n) is 3.92. The lowest BCUT2D eigenvalue weighted by molar-refractivity contribution is -0.0694. The molecule has 0 saturated carbocycles. The highest BCUT2D eigenvalue weighted by molar-refractivity contribution is 4.97. The highest BCUT2D eigenvalue weighted by Crippen LogP contribution is 2.24. The monoisotopic (exact) mass is 156 g/mol. The molecule has 3 saturated heterocycles. The van der Waals surface area contributed by atoms with Crippen molar-refractivity contribution < 1.29 is 5.11 Å². The number of aliphatic hydroxyl groups is 1. The number of aliphatic hydroxyl groups excluding tert-OH is 1. The topological polar surface area (TPSA) is 26.7 Å². The van der Waals surface area contributed by atoms with E-state index in [1.807, 2.05) is 0 Å². The van der Waals surface area contributed by atoms with E-state index in [9.17, 15) is 5.11 Å². The van der Waals surface area contributed by atoms with Crippen LogP contribution in [-0.2, 0) is 0 Å². The van der Waals surface area contributed by atoms with Gasteiger partial charge in [-0.2, -0.15) is 0 Å². The Balaban J connectivity index is 2.13. The van der Waals surface area contributed by atoms with Crippen molar-refractivity contribution in [1.82, 2.24) is 9.80 Å². The Bertz CT molecular complexity index is 154. The van der Waals surface area contributed by atoms with Gasteiger partial charge in [0.05, 0.1) is 12.1 Å². The predicted molar refractivity (Wildman–Crippen MR) is 43.5 cm³/mol. The van der Waals surface area contributed by atoms with E-state index < -0.39 is 0 Å². The van der Waals surface area contributed by atoms with Crippen molar-refractivity contribution >= 4 is 0 Å². The van der Waals surface area contributed by atoms with Crippen molar-refractivity contribution in [2.75, 3.05) is 39.3 Å². The molecule has 3 heterocycles. The van der Waals surface area contributed by atoms with Crippen LogP contribution in [0.1, 0.15) is 6.92 Å². The third-order valence-corrected chi connectivity index (χ3v) is 3.04. The van der Waals surface area contributed by atoms with Gasteiger partial charge in [0.2, 0.25) is 0 Å². The van der Waals surface area contributed by atoms with Crippen LogP contribution in [0.3, 0.4) is 0 Å². The van der Waals surface area contributed by atoms with Crippen LogP contribution in [0.2, 0.25) is 0 Å². The summed E-state index contributed by atoms with van der Waals surface area (Å²) in [6.07, 6.45) is 0. The van der Waals surface area contributed by atoms with Crippen LogP contribution >= 0.6 is 0 Å². The Morgan fingerprint density at radius 3 is 2.18 bits per heavy atom. The molecular weight excluding hydrogens is 140 g/mol. The van der Waals surface area contributed by atoms with Crippen LogP contribution < -0.4 is 0 Å². The number of fused-ring (bicyclic) bond motifs is 3. The molecule has 2 bridgehead atoms. The molecule has 1 N–H and O–H groups in total. The maximum atomic E-state index is 9.20. The molecule has 3 nitrogen and oxygen atoms in total. The van der Waals surface area contributed by atoms with E-state index >= 15 is 0 Å². The molecule has 1 unspecified atom stereocenters. The molecule has 11 heavy (non-hydrogen) atoms. The molecule has 0 aromatic rings. The van der Waals surface area contributed by atoms with E-state index in [4.69, 9.17) is 0 Å². The minimum Gasteiger partial charge on any atom is -0.394 e. The summed E-state index contributed by atoms with van der Waals surface area (Å²) in [7, 11) is 0. The van der Waals surface area contributed by atoms with Gasteiger partial charge in [0.1, 0.15) is 0 Å². The smallest absolute Gasteiger partial charge is 0.0625 e. The Morgan fingerprint density at radius 2 is 1.91 bits per heavy atom. The third-order valence-electron chi connectivity index (χ3n) is 3.04. The molecule has 0 aromatic heterocycles. The average molecular weight is 156 g/mol. The van der Waals surface area contributed by atoms with Crippen LogP contribution in [-0.4, -0.2) is 59.8 Å². The largest absolute Gasteiger partial charge is 0.394 e. The minimum atomic E-state index is 0.0521. The Labute approximate surface area is 67.6 Å². The molecule has 0 amide bonds. The zero-order valence-corrected chi connectivity index (χ0v) is 7.08. The van der Waals surface area contributed by atoms with Gasteiger partial charge in [-0.15, -0.1) is 0 Å². The summed E-state index contributed by atoms with van der Waals surface area (Å²) in [5, 5.41) is 9.20. The first kappa shape index (κ1) is 7.53. The zero-order valence-electron chi connectivity index (χ0n) is 7.08. The van der Waals surface area contributed by atoms with E-state index in [0.717, 1.165) is 19.6 Å². The number of rotatable bonds is 1. The van der Waals surface area contributed by atoms with Gasteiger partial charge in [0, 0.05) is 32.7 Å². The van der Waals surface area contributed by atoms with Gasteiger partial charge in [-0.1, -0.05) is 0 Å². The van der Waals surface area contributed by atoms with Gasteiger partial charge in [-0.05, 0) is 6.92 Å². The fraction of sp³-hybridized carbons (Fsp3) is 1.00. The number of piperazine rings is 3. The molecule has 0 aromatic carbocycles. The third kappa shape index (κ3) is 1.08. The van der Waals surface area contributed by atoms with E-state index in [1.165, 1.54) is 13.1 Å². The summed E-state index contributed by atoms with van der Waals surface area (Å²) >= 11 is 0. The minimum absolute atomic E-state index is 0.0521. The molecule has 1 atom stereocenters. The first-order chi connectivity index (χ1) is 5.24. The number of hydrogen-bond acceptors (Lipinski definition) is 3. The maximum absolute atomic E-state index is 9.20. The van der Waals surface area contributed by atoms with Crippen LogP contribution in [0.5, 0.6) is 0 Å². The first-order valence-electron chi connectivity index (χ1n) is 4.33. The average Bonchev–Trinajstić information content (AvgIpc) is 2.06. The molecule has 3 aliphatic heterocycles. The van der Waals surface area contributed by atoms with Crippen molar-refractivity contribution in [3.63, 3.8) is 0 Å². The van der Waals surface area contributed by atoms with Gasteiger partial charge >= 0.3 is 0 Å². The summed E-state index contributed by atoms with van der Waals surface area (Å²) in [6.45, 7) is 8.14. The molecule has 0 radical (unpaired) electrons. The Morgan fingerprint density at radius 1 is 1.27 bits per heavy atom. The van der Waals surface area contributed by atoms with Crippen LogP contribution in [0.4, 0.5) is 0 Å². The molecule has 64 valence electrons. The summed E-state index contributed by atoms with van der Waals surface area (Å²) < 4.78 is 0. The van der Waals surface area contributed by atoms with Gasteiger partial charge in [0.25, 0.3) is 0 Å². The lowest BCUT2D eigenvalue weighted by Crippen LogP contribution is -2.68. The molecule has 3 fully saturated rings. The van der Waals surface area contributed by atoms with Crippen LogP contribution in [0.25, 0.3) is 0 Å². The van der Waals surface area contributed by atoms with Crippen LogP contribution in [0.15, 0.2) is 0 Å². The molecule has 3 heteroatoms. The van der Waals surface area contributed by atoms with Gasteiger partial charge in [0.15, 0.2) is 0 Å². The summed E-state index contributed by atoms with van der Waals surface area (Å²) in [5.41, 5.74) is 0.0521. The van der Waals surface area contributed by atoms with Crippen molar-refractivity contribution in [3.8, 4) is 0 Å². The molecule has 0 spiro atoms. The van der Waals surface area contributed by atoms with E-state index in [-0.39, 0.29) is 5.54 Å². The quantitative estimate of drug-likeness (QED) is 0.547.